The van der Waals surface area contributed by atoms with Crippen LogP contribution in [0.15, 0.2) is 23.1 Å². The molecule has 8 nitrogen and oxygen atoms in total. The van der Waals surface area contributed by atoms with Gasteiger partial charge in [0.25, 0.3) is 5.91 Å². The Hall–Kier alpha value is -1.97. The van der Waals surface area contributed by atoms with Crippen LogP contribution in [0.5, 0.6) is 0 Å². The predicted molar refractivity (Wildman–Crippen MR) is 94.3 cm³/mol. The maximum absolute atomic E-state index is 12.2. The minimum Gasteiger partial charge on any atom is -0.452 e. The van der Waals surface area contributed by atoms with Crippen molar-refractivity contribution in [1.82, 2.24) is 9.62 Å². The van der Waals surface area contributed by atoms with Crippen molar-refractivity contribution in [3.63, 3.8) is 0 Å². The minimum atomic E-state index is -3.67. The molecule has 1 fully saturated rings. The van der Waals surface area contributed by atoms with Crippen LogP contribution in [0.4, 0.5) is 0 Å². The number of carbonyl (C=O) groups excluding carboxylic acids is 2. The summed E-state index contributed by atoms with van der Waals surface area (Å²) in [5.41, 5.74) is 0.673. The van der Waals surface area contributed by atoms with Crippen LogP contribution in [0.25, 0.3) is 0 Å². The van der Waals surface area contributed by atoms with Gasteiger partial charge in [0.2, 0.25) is 10.0 Å². The standard InChI is InChI=1S/C17H24N2O6S/c1-12-6-7-14(26(22,23)19(2)3)9-15(12)17(21)25-11-16(20)18-10-13-5-4-8-24-13/h6-7,9,13H,4-5,8,10-11H2,1-3H3,(H,18,20)/t13-/m0/s1. The van der Waals surface area contributed by atoms with E-state index in [1.165, 1.54) is 32.3 Å². The normalized spacial score (nSPS) is 17.3. The van der Waals surface area contributed by atoms with Gasteiger partial charge in [-0.05, 0) is 37.5 Å². The first-order valence-electron chi connectivity index (χ1n) is 8.30. The number of nitrogens with one attached hydrogen (secondary N) is 1. The van der Waals surface area contributed by atoms with Gasteiger partial charge in [-0.15, -0.1) is 0 Å². The lowest BCUT2D eigenvalue weighted by atomic mass is 10.1. The number of benzene rings is 1. The molecule has 1 saturated heterocycles. The topological polar surface area (TPSA) is 102 Å². The fourth-order valence-electron chi connectivity index (χ4n) is 2.49. The van der Waals surface area contributed by atoms with E-state index in [1.807, 2.05) is 0 Å². The van der Waals surface area contributed by atoms with Gasteiger partial charge in [0, 0.05) is 27.2 Å². The van der Waals surface area contributed by atoms with Gasteiger partial charge in [0.05, 0.1) is 16.6 Å². The van der Waals surface area contributed by atoms with Gasteiger partial charge in [0.1, 0.15) is 0 Å². The number of rotatable bonds is 7. The van der Waals surface area contributed by atoms with Crippen molar-refractivity contribution in [3.05, 3.63) is 29.3 Å². The summed E-state index contributed by atoms with van der Waals surface area (Å²) in [4.78, 5) is 24.0. The second kappa shape index (κ2) is 8.61. The Labute approximate surface area is 153 Å². The Balaban J connectivity index is 1.97. The fraction of sp³-hybridized carbons (Fsp3) is 0.529. The Bertz CT molecular complexity index is 769. The second-order valence-corrected chi connectivity index (χ2v) is 8.43. The number of nitrogens with zero attached hydrogens (tertiary/aromatic N) is 1. The van der Waals surface area contributed by atoms with Gasteiger partial charge in [-0.3, -0.25) is 4.79 Å². The quantitative estimate of drug-likeness (QED) is 0.694. The Kier molecular flexibility index (Phi) is 6.74. The molecule has 0 unspecified atom stereocenters. The van der Waals surface area contributed by atoms with Gasteiger partial charge < -0.3 is 14.8 Å². The average molecular weight is 384 g/mol. The Morgan fingerprint density at radius 2 is 2.08 bits per heavy atom. The van der Waals surface area contributed by atoms with Crippen molar-refractivity contribution in [3.8, 4) is 0 Å². The summed E-state index contributed by atoms with van der Waals surface area (Å²) in [7, 11) is -0.850. The van der Waals surface area contributed by atoms with E-state index < -0.39 is 28.5 Å². The van der Waals surface area contributed by atoms with E-state index in [0.717, 1.165) is 17.1 Å². The largest absolute Gasteiger partial charge is 0.452 e. The lowest BCUT2D eigenvalue weighted by Gasteiger charge is -2.14. The molecule has 0 spiro atoms. The van der Waals surface area contributed by atoms with Crippen LogP contribution in [-0.2, 0) is 24.3 Å². The molecule has 0 aliphatic carbocycles. The number of aryl methyl sites for hydroxylation is 1. The van der Waals surface area contributed by atoms with Crippen LogP contribution in [0, 0.1) is 6.92 Å². The molecule has 0 bridgehead atoms. The lowest BCUT2D eigenvalue weighted by molar-refractivity contribution is -0.124. The highest BCUT2D eigenvalue weighted by Gasteiger charge is 2.21. The first kappa shape index (κ1) is 20.3. The monoisotopic (exact) mass is 384 g/mol. The summed E-state index contributed by atoms with van der Waals surface area (Å²) in [6.07, 6.45) is 1.87. The molecule has 1 aliphatic rings. The Morgan fingerprint density at radius 1 is 1.35 bits per heavy atom. The van der Waals surface area contributed by atoms with Gasteiger partial charge >= 0.3 is 5.97 Å². The molecule has 144 valence electrons. The van der Waals surface area contributed by atoms with Gasteiger partial charge in [-0.1, -0.05) is 6.07 Å². The maximum atomic E-state index is 12.2. The molecular formula is C17H24N2O6S. The summed E-state index contributed by atoms with van der Waals surface area (Å²) in [6, 6.07) is 4.22. The number of hydrogen-bond acceptors (Lipinski definition) is 6. The highest BCUT2D eigenvalue weighted by Crippen LogP contribution is 2.19. The molecule has 1 aromatic carbocycles. The molecule has 9 heteroatoms. The van der Waals surface area contributed by atoms with Crippen molar-refractivity contribution in [2.45, 2.75) is 30.8 Å². The van der Waals surface area contributed by atoms with Crippen molar-refractivity contribution in [2.24, 2.45) is 0 Å². The maximum Gasteiger partial charge on any atom is 0.338 e. The number of sulfonamides is 1. The van der Waals surface area contributed by atoms with Crippen molar-refractivity contribution < 1.29 is 27.5 Å². The molecule has 1 atom stereocenters. The van der Waals surface area contributed by atoms with Crippen molar-refractivity contribution >= 4 is 21.9 Å². The third-order valence-electron chi connectivity index (χ3n) is 4.09. The van der Waals surface area contributed by atoms with E-state index in [0.29, 0.717) is 18.7 Å². The van der Waals surface area contributed by atoms with Crippen LogP contribution in [0.2, 0.25) is 0 Å². The van der Waals surface area contributed by atoms with Crippen LogP contribution >= 0.6 is 0 Å². The molecule has 26 heavy (non-hydrogen) atoms. The van der Waals surface area contributed by atoms with E-state index in [4.69, 9.17) is 9.47 Å². The molecule has 0 saturated carbocycles. The van der Waals surface area contributed by atoms with Crippen molar-refractivity contribution in [1.29, 1.82) is 0 Å². The van der Waals surface area contributed by atoms with E-state index in [2.05, 4.69) is 5.32 Å². The number of ether oxygens (including phenoxy) is 2. The number of hydrogen-bond donors (Lipinski definition) is 1. The summed E-state index contributed by atoms with van der Waals surface area (Å²) in [6.45, 7) is 2.31. The van der Waals surface area contributed by atoms with Gasteiger partial charge in [-0.2, -0.15) is 0 Å². The van der Waals surface area contributed by atoms with E-state index in [1.54, 1.807) is 6.92 Å². The molecule has 1 N–H and O–H groups in total. The Morgan fingerprint density at radius 3 is 2.69 bits per heavy atom. The third-order valence-corrected chi connectivity index (χ3v) is 5.90. The lowest BCUT2D eigenvalue weighted by Crippen LogP contribution is -2.34. The van der Waals surface area contributed by atoms with Gasteiger partial charge in [-0.25, -0.2) is 17.5 Å². The van der Waals surface area contributed by atoms with Gasteiger partial charge in [0.15, 0.2) is 6.61 Å². The number of carbonyl (C=O) groups is 2. The number of amides is 1. The first-order valence-corrected chi connectivity index (χ1v) is 9.74. The highest BCUT2D eigenvalue weighted by molar-refractivity contribution is 7.89. The molecule has 1 amide bonds. The zero-order chi connectivity index (χ0) is 19.3. The first-order chi connectivity index (χ1) is 12.2. The minimum absolute atomic E-state index is 0.00446. The molecule has 1 heterocycles. The summed E-state index contributed by atoms with van der Waals surface area (Å²) < 4.78 is 35.9. The molecule has 0 radical (unpaired) electrons. The van der Waals surface area contributed by atoms with E-state index >= 15 is 0 Å². The van der Waals surface area contributed by atoms with E-state index in [-0.39, 0.29) is 16.6 Å². The van der Waals surface area contributed by atoms with Crippen LogP contribution in [0.1, 0.15) is 28.8 Å². The summed E-state index contributed by atoms with van der Waals surface area (Å²) in [5, 5.41) is 2.65. The van der Waals surface area contributed by atoms with E-state index in [9.17, 15) is 18.0 Å². The zero-order valence-corrected chi connectivity index (χ0v) is 16.0. The smallest absolute Gasteiger partial charge is 0.338 e. The van der Waals surface area contributed by atoms with Crippen LogP contribution in [-0.4, -0.2) is 64.6 Å². The van der Waals surface area contributed by atoms with Crippen molar-refractivity contribution in [2.75, 3.05) is 33.9 Å². The SMILES string of the molecule is Cc1ccc(S(=O)(=O)N(C)C)cc1C(=O)OCC(=O)NC[C@@H]1CCCO1. The zero-order valence-electron chi connectivity index (χ0n) is 15.1. The molecule has 2 rings (SSSR count). The summed E-state index contributed by atoms with van der Waals surface area (Å²) >= 11 is 0. The molecular weight excluding hydrogens is 360 g/mol. The molecule has 1 aliphatic heterocycles. The van der Waals surface area contributed by atoms with Crippen LogP contribution in [0.3, 0.4) is 0 Å². The highest BCUT2D eigenvalue weighted by atomic mass is 32.2. The number of esters is 1. The molecule has 1 aromatic rings. The second-order valence-electron chi connectivity index (χ2n) is 6.28. The predicted octanol–water partition coefficient (Wildman–Crippen LogP) is 0.697. The fourth-order valence-corrected chi connectivity index (χ4v) is 3.41. The molecule has 0 aromatic heterocycles. The van der Waals surface area contributed by atoms with Crippen LogP contribution < -0.4 is 5.32 Å². The average Bonchev–Trinajstić information content (AvgIpc) is 3.11. The summed E-state index contributed by atoms with van der Waals surface area (Å²) in [5.74, 6) is -1.17. The third kappa shape index (κ3) is 5.03.